The predicted molar refractivity (Wildman–Crippen MR) is 96.4 cm³/mol. The van der Waals surface area contributed by atoms with Gasteiger partial charge in [0.05, 0.1) is 5.92 Å². The first-order valence-electron chi connectivity index (χ1n) is 8.11. The maximum atomic E-state index is 11.7. The number of aliphatic carboxylic acids is 1. The van der Waals surface area contributed by atoms with E-state index >= 15 is 0 Å². The van der Waals surface area contributed by atoms with Gasteiger partial charge in [-0.2, -0.15) is 0 Å². The second kappa shape index (κ2) is 8.34. The summed E-state index contributed by atoms with van der Waals surface area (Å²) in [6.45, 7) is 6.35. The van der Waals surface area contributed by atoms with E-state index in [9.17, 15) is 9.90 Å². The number of allylic oxidation sites excluding steroid dienone is 2. The molecule has 0 radical (unpaired) electrons. The third-order valence-electron chi connectivity index (χ3n) is 3.84. The Morgan fingerprint density at radius 1 is 1.17 bits per heavy atom. The Bertz CT molecular complexity index is 713. The second-order valence-electron chi connectivity index (χ2n) is 6.22. The van der Waals surface area contributed by atoms with Gasteiger partial charge in [-0.3, -0.25) is 4.79 Å². The quantitative estimate of drug-likeness (QED) is 0.721. The van der Waals surface area contributed by atoms with E-state index in [1.54, 1.807) is 0 Å². The molecular weight excluding hydrogens is 300 g/mol. The molecule has 2 aromatic carbocycles. The molecule has 1 N–H and O–H groups in total. The minimum absolute atomic E-state index is 0.423. The normalized spacial score (nSPS) is 11.6. The van der Waals surface area contributed by atoms with Crippen LogP contribution in [0, 0.1) is 6.92 Å². The summed E-state index contributed by atoms with van der Waals surface area (Å²) in [6, 6.07) is 15.6. The standard InChI is InChI=1S/C21H24O3/c1-15(2)9-11-19(21(22)23)18-12-10-16(3)13-20(18)24-14-17-7-5-4-6-8-17/h4-10,12-13,19H,11,14H2,1-3H3,(H,22,23). The summed E-state index contributed by atoms with van der Waals surface area (Å²) in [5, 5.41) is 9.63. The van der Waals surface area contributed by atoms with Gasteiger partial charge in [0.25, 0.3) is 0 Å². The van der Waals surface area contributed by atoms with E-state index in [4.69, 9.17) is 4.74 Å². The molecule has 3 nitrogen and oxygen atoms in total. The van der Waals surface area contributed by atoms with E-state index in [1.807, 2.05) is 75.4 Å². The first-order valence-corrected chi connectivity index (χ1v) is 8.11. The molecule has 0 aliphatic heterocycles. The minimum atomic E-state index is -0.832. The highest BCUT2D eigenvalue weighted by Crippen LogP contribution is 2.31. The Labute approximate surface area is 143 Å². The van der Waals surface area contributed by atoms with Crippen LogP contribution in [-0.4, -0.2) is 11.1 Å². The molecule has 0 heterocycles. The molecular formula is C21H24O3. The number of carboxylic acid groups (broad SMARTS) is 1. The lowest BCUT2D eigenvalue weighted by Crippen LogP contribution is -2.13. The number of carbonyl (C=O) groups is 1. The van der Waals surface area contributed by atoms with Crippen molar-refractivity contribution in [1.82, 2.24) is 0 Å². The molecule has 2 rings (SSSR count). The zero-order valence-electron chi connectivity index (χ0n) is 14.5. The summed E-state index contributed by atoms with van der Waals surface area (Å²) in [6.07, 6.45) is 2.42. The molecule has 0 aromatic heterocycles. The lowest BCUT2D eigenvalue weighted by molar-refractivity contribution is -0.138. The number of hydrogen-bond acceptors (Lipinski definition) is 2. The molecule has 0 aliphatic carbocycles. The maximum absolute atomic E-state index is 11.7. The van der Waals surface area contributed by atoms with Crippen molar-refractivity contribution in [3.05, 3.63) is 76.9 Å². The topological polar surface area (TPSA) is 46.5 Å². The molecule has 0 saturated heterocycles. The molecule has 24 heavy (non-hydrogen) atoms. The Hall–Kier alpha value is -2.55. The average molecular weight is 324 g/mol. The fourth-order valence-corrected chi connectivity index (χ4v) is 2.50. The van der Waals surface area contributed by atoms with Crippen LogP contribution in [0.3, 0.4) is 0 Å². The van der Waals surface area contributed by atoms with Crippen molar-refractivity contribution < 1.29 is 14.6 Å². The summed E-state index contributed by atoms with van der Waals surface area (Å²) >= 11 is 0. The zero-order valence-corrected chi connectivity index (χ0v) is 14.5. The number of rotatable bonds is 7. The summed E-state index contributed by atoms with van der Waals surface area (Å²) in [5.74, 6) is -0.791. The van der Waals surface area contributed by atoms with E-state index in [0.717, 1.165) is 22.3 Å². The first-order chi connectivity index (χ1) is 11.5. The van der Waals surface area contributed by atoms with Crippen molar-refractivity contribution in [2.45, 2.75) is 39.7 Å². The number of ether oxygens (including phenoxy) is 1. The Kier molecular flexibility index (Phi) is 6.19. The average Bonchev–Trinajstić information content (AvgIpc) is 2.55. The lowest BCUT2D eigenvalue weighted by atomic mass is 9.93. The molecule has 1 unspecified atom stereocenters. The monoisotopic (exact) mass is 324 g/mol. The van der Waals surface area contributed by atoms with Crippen molar-refractivity contribution in [1.29, 1.82) is 0 Å². The number of aryl methyl sites for hydroxylation is 1. The molecule has 0 fully saturated rings. The van der Waals surface area contributed by atoms with Crippen molar-refractivity contribution in [3.63, 3.8) is 0 Å². The molecule has 3 heteroatoms. The number of hydrogen-bond donors (Lipinski definition) is 1. The van der Waals surface area contributed by atoms with Crippen LogP contribution in [0.5, 0.6) is 5.75 Å². The molecule has 0 spiro atoms. The first kappa shape index (κ1) is 17.8. The summed E-state index contributed by atoms with van der Waals surface area (Å²) in [7, 11) is 0. The fraction of sp³-hybridized carbons (Fsp3) is 0.286. The van der Waals surface area contributed by atoms with Gasteiger partial charge in [-0.25, -0.2) is 0 Å². The largest absolute Gasteiger partial charge is 0.489 e. The van der Waals surface area contributed by atoms with E-state index < -0.39 is 11.9 Å². The highest BCUT2D eigenvalue weighted by molar-refractivity contribution is 5.77. The van der Waals surface area contributed by atoms with Gasteiger partial charge in [-0.05, 0) is 44.4 Å². The van der Waals surface area contributed by atoms with Crippen LogP contribution in [0.15, 0.2) is 60.2 Å². The molecule has 0 saturated carbocycles. The van der Waals surface area contributed by atoms with Crippen LogP contribution in [0.25, 0.3) is 0 Å². The third kappa shape index (κ3) is 4.98. The highest BCUT2D eigenvalue weighted by atomic mass is 16.5. The van der Waals surface area contributed by atoms with Crippen LogP contribution in [0.1, 0.15) is 42.9 Å². The van der Waals surface area contributed by atoms with Gasteiger partial charge in [0.15, 0.2) is 0 Å². The van der Waals surface area contributed by atoms with Crippen LogP contribution in [0.2, 0.25) is 0 Å². The van der Waals surface area contributed by atoms with Crippen LogP contribution in [0.4, 0.5) is 0 Å². The van der Waals surface area contributed by atoms with Crippen LogP contribution < -0.4 is 4.74 Å². The van der Waals surface area contributed by atoms with Gasteiger partial charge in [0.2, 0.25) is 0 Å². The van der Waals surface area contributed by atoms with E-state index in [1.165, 1.54) is 0 Å². The highest BCUT2D eigenvalue weighted by Gasteiger charge is 2.22. The molecule has 1 atom stereocenters. The van der Waals surface area contributed by atoms with Gasteiger partial charge in [-0.1, -0.05) is 54.1 Å². The van der Waals surface area contributed by atoms with Crippen LogP contribution >= 0.6 is 0 Å². The van der Waals surface area contributed by atoms with E-state index in [2.05, 4.69) is 0 Å². The SMILES string of the molecule is CC(C)=CCC(C(=O)O)c1ccc(C)cc1OCc1ccccc1. The Morgan fingerprint density at radius 2 is 1.88 bits per heavy atom. The lowest BCUT2D eigenvalue weighted by Gasteiger charge is -2.17. The molecule has 0 bridgehead atoms. The minimum Gasteiger partial charge on any atom is -0.489 e. The summed E-state index contributed by atoms with van der Waals surface area (Å²) in [5.41, 5.74) is 3.94. The molecule has 2 aromatic rings. The second-order valence-corrected chi connectivity index (χ2v) is 6.22. The van der Waals surface area contributed by atoms with Crippen molar-refractivity contribution in [2.24, 2.45) is 0 Å². The fourth-order valence-electron chi connectivity index (χ4n) is 2.50. The predicted octanol–water partition coefficient (Wildman–Crippen LogP) is 5.10. The van der Waals surface area contributed by atoms with Gasteiger partial charge in [-0.15, -0.1) is 0 Å². The molecule has 0 aliphatic rings. The summed E-state index contributed by atoms with van der Waals surface area (Å²) in [4.78, 5) is 11.7. The number of benzene rings is 2. The Balaban J connectivity index is 2.28. The van der Waals surface area contributed by atoms with Crippen molar-refractivity contribution in [3.8, 4) is 5.75 Å². The third-order valence-corrected chi connectivity index (χ3v) is 3.84. The van der Waals surface area contributed by atoms with Gasteiger partial charge < -0.3 is 9.84 Å². The molecule has 0 amide bonds. The van der Waals surface area contributed by atoms with E-state index in [-0.39, 0.29) is 0 Å². The van der Waals surface area contributed by atoms with Gasteiger partial charge in [0, 0.05) is 5.56 Å². The smallest absolute Gasteiger partial charge is 0.311 e. The van der Waals surface area contributed by atoms with E-state index in [0.29, 0.717) is 18.8 Å². The van der Waals surface area contributed by atoms with Gasteiger partial charge >= 0.3 is 5.97 Å². The zero-order chi connectivity index (χ0) is 17.5. The Morgan fingerprint density at radius 3 is 2.50 bits per heavy atom. The van der Waals surface area contributed by atoms with Crippen molar-refractivity contribution in [2.75, 3.05) is 0 Å². The van der Waals surface area contributed by atoms with Crippen molar-refractivity contribution >= 4 is 5.97 Å². The van der Waals surface area contributed by atoms with Crippen LogP contribution in [-0.2, 0) is 11.4 Å². The van der Waals surface area contributed by atoms with Gasteiger partial charge in [0.1, 0.15) is 12.4 Å². The maximum Gasteiger partial charge on any atom is 0.311 e. The molecule has 126 valence electrons. The summed E-state index contributed by atoms with van der Waals surface area (Å²) < 4.78 is 5.96. The number of carboxylic acids is 1.